The number of aromatic nitrogens is 3. The number of hydrogen-bond donors (Lipinski definition) is 0. The molecule has 1 aromatic heterocycles. The highest BCUT2D eigenvalue weighted by atomic mass is 32.2. The quantitative estimate of drug-likeness (QED) is 0.530. The Balaban J connectivity index is 1.21. The summed E-state index contributed by atoms with van der Waals surface area (Å²) in [6, 6.07) is 11.7. The van der Waals surface area contributed by atoms with Gasteiger partial charge in [-0.1, -0.05) is 30.3 Å². The second kappa shape index (κ2) is 8.37. The van der Waals surface area contributed by atoms with Crippen molar-refractivity contribution in [1.82, 2.24) is 19.1 Å². The van der Waals surface area contributed by atoms with Crippen molar-refractivity contribution in [2.24, 2.45) is 5.92 Å². The van der Waals surface area contributed by atoms with E-state index in [9.17, 15) is 8.42 Å². The zero-order valence-electron chi connectivity index (χ0n) is 19.3. The minimum atomic E-state index is -3.73. The molecule has 2 aliphatic heterocycles. The van der Waals surface area contributed by atoms with E-state index < -0.39 is 26.9 Å². The van der Waals surface area contributed by atoms with Gasteiger partial charge in [-0.25, -0.2) is 17.2 Å². The van der Waals surface area contributed by atoms with Crippen LogP contribution >= 0.6 is 0 Å². The number of halogens is 2. The second-order valence-corrected chi connectivity index (χ2v) is 12.0. The molecule has 2 saturated heterocycles. The lowest BCUT2D eigenvalue weighted by Crippen LogP contribution is -2.67. The summed E-state index contributed by atoms with van der Waals surface area (Å²) in [5, 5.41) is 7.02. The molecule has 184 valence electrons. The van der Waals surface area contributed by atoms with E-state index >= 15 is 8.78 Å². The van der Waals surface area contributed by atoms with Crippen LogP contribution in [0, 0.1) is 17.6 Å². The lowest BCUT2D eigenvalue weighted by Gasteiger charge is -2.61. The largest absolute Gasteiger partial charge is 0.365 e. The van der Waals surface area contributed by atoms with E-state index in [2.05, 4.69) is 10.2 Å². The van der Waals surface area contributed by atoms with Gasteiger partial charge in [-0.15, -0.1) is 10.2 Å². The molecule has 0 bridgehead atoms. The smallest absolute Gasteiger partial charge is 0.221 e. The van der Waals surface area contributed by atoms with Crippen molar-refractivity contribution in [3.8, 4) is 0 Å². The Kier molecular flexibility index (Phi) is 5.41. The van der Waals surface area contributed by atoms with E-state index in [-0.39, 0.29) is 29.9 Å². The number of rotatable bonds is 5. The molecule has 3 aliphatic rings. The second-order valence-electron chi connectivity index (χ2n) is 9.91. The van der Waals surface area contributed by atoms with Crippen LogP contribution in [0.15, 0.2) is 55.1 Å². The molecule has 35 heavy (non-hydrogen) atoms. The maximum Gasteiger partial charge on any atom is 0.221 e. The van der Waals surface area contributed by atoms with Crippen molar-refractivity contribution >= 4 is 15.7 Å². The Hall–Kier alpha value is -2.85. The van der Waals surface area contributed by atoms with Crippen LogP contribution in [0.25, 0.3) is 0 Å². The Bertz CT molecular complexity index is 1340. The number of benzene rings is 2. The molecule has 6 rings (SSSR count). The molecule has 0 N–H and O–H groups in total. The molecule has 7 nitrogen and oxygen atoms in total. The Morgan fingerprint density at radius 3 is 2.43 bits per heavy atom. The summed E-state index contributed by atoms with van der Waals surface area (Å²) in [5.74, 6) is -0.736. The van der Waals surface area contributed by atoms with Gasteiger partial charge in [-0.05, 0) is 37.8 Å². The van der Waals surface area contributed by atoms with E-state index in [1.165, 1.54) is 16.4 Å². The summed E-state index contributed by atoms with van der Waals surface area (Å²) in [6.07, 6.45) is 5.38. The van der Waals surface area contributed by atoms with Crippen LogP contribution in [-0.4, -0.2) is 46.1 Å². The van der Waals surface area contributed by atoms with Gasteiger partial charge in [-0.3, -0.25) is 0 Å². The van der Waals surface area contributed by atoms with Gasteiger partial charge < -0.3 is 9.47 Å². The first-order valence-corrected chi connectivity index (χ1v) is 13.5. The van der Waals surface area contributed by atoms with E-state index in [0.29, 0.717) is 31.3 Å². The number of sulfonamides is 1. The number of nitrogens with zero attached hydrogens (tertiary/aromatic N) is 5. The predicted molar refractivity (Wildman–Crippen MR) is 127 cm³/mol. The van der Waals surface area contributed by atoms with E-state index in [1.54, 1.807) is 24.8 Å². The van der Waals surface area contributed by atoms with Crippen LogP contribution in [0.1, 0.15) is 48.6 Å². The van der Waals surface area contributed by atoms with Crippen LogP contribution < -0.4 is 4.90 Å². The van der Waals surface area contributed by atoms with Crippen LogP contribution in [0.2, 0.25) is 0 Å². The summed E-state index contributed by atoms with van der Waals surface area (Å²) in [5.41, 5.74) is 1.03. The van der Waals surface area contributed by atoms with Crippen LogP contribution in [0.5, 0.6) is 0 Å². The van der Waals surface area contributed by atoms with Gasteiger partial charge in [0.25, 0.3) is 0 Å². The average Bonchev–Trinajstić information content (AvgIpc) is 3.35. The number of anilines is 1. The molecule has 10 heteroatoms. The third-order valence-electron chi connectivity index (χ3n) is 8.05. The fraction of sp³-hybridized carbons (Fsp3) is 0.440. The Morgan fingerprint density at radius 1 is 1.00 bits per heavy atom. The van der Waals surface area contributed by atoms with Gasteiger partial charge in [0.1, 0.15) is 29.5 Å². The first kappa shape index (κ1) is 22.6. The van der Waals surface area contributed by atoms with Crippen LogP contribution in [0.4, 0.5) is 14.5 Å². The molecule has 0 amide bonds. The Morgan fingerprint density at radius 2 is 1.74 bits per heavy atom. The van der Waals surface area contributed by atoms with Crippen molar-refractivity contribution in [2.75, 3.05) is 11.4 Å². The third kappa shape index (κ3) is 3.65. The SMILES string of the molecule is C[C@H]1CC[C@H](c2ccccc2)S(=O)(=O)N1Cc1cc(F)c(N2CC3[C@H](n4cnnc4)C[C@@H]32)cc1F. The highest BCUT2D eigenvalue weighted by Gasteiger charge is 2.54. The summed E-state index contributed by atoms with van der Waals surface area (Å²) < 4.78 is 60.6. The monoisotopic (exact) mass is 499 g/mol. The van der Waals surface area contributed by atoms with Crippen molar-refractivity contribution < 1.29 is 17.2 Å². The summed E-state index contributed by atoms with van der Waals surface area (Å²) in [6.45, 7) is 2.28. The van der Waals surface area contributed by atoms with Crippen molar-refractivity contribution in [3.63, 3.8) is 0 Å². The molecule has 1 unspecified atom stereocenters. The lowest BCUT2D eigenvalue weighted by molar-refractivity contribution is 0.0698. The molecule has 1 aliphatic carbocycles. The van der Waals surface area contributed by atoms with Crippen molar-refractivity contribution in [1.29, 1.82) is 0 Å². The zero-order valence-corrected chi connectivity index (χ0v) is 20.2. The highest BCUT2D eigenvalue weighted by Crippen LogP contribution is 2.51. The Labute approximate surface area is 203 Å². The molecule has 3 heterocycles. The number of piperidine rings is 1. The fourth-order valence-electron chi connectivity index (χ4n) is 5.92. The maximum atomic E-state index is 15.2. The van der Waals surface area contributed by atoms with Gasteiger partial charge in [0.05, 0.1) is 5.69 Å². The van der Waals surface area contributed by atoms with E-state index in [0.717, 1.165) is 12.0 Å². The summed E-state index contributed by atoms with van der Waals surface area (Å²) in [4.78, 5) is 1.90. The topological polar surface area (TPSA) is 71.3 Å². The fourth-order valence-corrected chi connectivity index (χ4v) is 8.11. The molecular formula is C25H27F2N5O2S. The molecular weight excluding hydrogens is 472 g/mol. The molecule has 1 saturated carbocycles. The molecule has 0 radical (unpaired) electrons. The van der Waals surface area contributed by atoms with Crippen LogP contribution in [-0.2, 0) is 16.6 Å². The first-order chi connectivity index (χ1) is 16.8. The molecule has 3 fully saturated rings. The normalized spacial score (nSPS) is 29.8. The summed E-state index contributed by atoms with van der Waals surface area (Å²) >= 11 is 0. The van der Waals surface area contributed by atoms with Gasteiger partial charge in [0, 0.05) is 48.8 Å². The molecule has 5 atom stereocenters. The predicted octanol–water partition coefficient (Wildman–Crippen LogP) is 4.06. The minimum Gasteiger partial charge on any atom is -0.365 e. The van der Waals surface area contributed by atoms with Gasteiger partial charge in [0.15, 0.2) is 0 Å². The van der Waals surface area contributed by atoms with E-state index in [1.807, 2.05) is 34.6 Å². The maximum absolute atomic E-state index is 15.2. The van der Waals surface area contributed by atoms with E-state index in [4.69, 9.17) is 0 Å². The minimum absolute atomic E-state index is 0.0587. The summed E-state index contributed by atoms with van der Waals surface area (Å²) in [7, 11) is -3.73. The average molecular weight is 500 g/mol. The standard InChI is InChI=1S/C25H27F2N5O2S/c1-16-7-8-25(17-5-3-2-4-6-17)35(33,34)32(16)12-18-9-21(27)24(10-20(18)26)31-13-19-22(11-23(19)31)30-14-28-29-15-30/h2-6,9-10,14-16,19,22-23,25H,7-8,11-13H2,1H3/t16-,19?,22+,23-,25+/m0/s1. The van der Waals surface area contributed by atoms with Gasteiger partial charge in [-0.2, -0.15) is 4.31 Å². The first-order valence-electron chi connectivity index (χ1n) is 12.0. The third-order valence-corrected chi connectivity index (χ3v) is 10.4. The van der Waals surface area contributed by atoms with Gasteiger partial charge in [0.2, 0.25) is 10.0 Å². The molecule has 0 spiro atoms. The van der Waals surface area contributed by atoms with Crippen molar-refractivity contribution in [3.05, 3.63) is 77.9 Å². The van der Waals surface area contributed by atoms with Crippen LogP contribution in [0.3, 0.4) is 0 Å². The highest BCUT2D eigenvalue weighted by molar-refractivity contribution is 7.89. The van der Waals surface area contributed by atoms with Crippen molar-refractivity contribution in [2.45, 2.75) is 56.1 Å². The molecule has 3 aromatic rings. The number of fused-ring (bicyclic) bond motifs is 1. The molecule has 2 aromatic carbocycles. The number of hydrogen-bond acceptors (Lipinski definition) is 5. The van der Waals surface area contributed by atoms with Gasteiger partial charge >= 0.3 is 0 Å². The zero-order chi connectivity index (χ0) is 24.3. The lowest BCUT2D eigenvalue weighted by atomic mass is 9.66.